The van der Waals surface area contributed by atoms with Gasteiger partial charge in [-0.25, -0.2) is 0 Å². The summed E-state index contributed by atoms with van der Waals surface area (Å²) < 4.78 is 0. The summed E-state index contributed by atoms with van der Waals surface area (Å²) in [6.45, 7) is 0. The van der Waals surface area contributed by atoms with E-state index < -0.39 is 0 Å². The Morgan fingerprint density at radius 3 is 1.52 bits per heavy atom. The molecule has 2 atom stereocenters. The lowest BCUT2D eigenvalue weighted by Gasteiger charge is -2.34. The van der Waals surface area contributed by atoms with Crippen LogP contribution < -0.4 is 10.6 Å². The zero-order chi connectivity index (χ0) is 42.1. The van der Waals surface area contributed by atoms with Crippen LogP contribution in [0.5, 0.6) is 0 Å². The zero-order valence-electron chi connectivity index (χ0n) is 35.1. The average Bonchev–Trinajstić information content (AvgIpc) is 3.38. The van der Waals surface area contributed by atoms with Gasteiger partial charge < -0.3 is 5.32 Å². The minimum absolute atomic E-state index is 0.0783. The topological polar surface area (TPSA) is 24.1 Å². The van der Waals surface area contributed by atoms with Gasteiger partial charge in [0.1, 0.15) is 6.17 Å². The maximum atomic E-state index is 4.05. The predicted octanol–water partition coefficient (Wildman–Crippen LogP) is 16.1. The molecule has 2 N–H and O–H groups in total. The Balaban J connectivity index is 1.01. The van der Waals surface area contributed by atoms with E-state index in [1.807, 2.05) is 0 Å². The normalized spacial score (nSPS) is 15.3. The van der Waals surface area contributed by atoms with E-state index in [9.17, 15) is 0 Å². The Labute approximate surface area is 371 Å². The summed E-state index contributed by atoms with van der Waals surface area (Å²) in [6.07, 6.45) is 2.29. The fourth-order valence-corrected chi connectivity index (χ4v) is 10.9. The number of fused-ring (bicyclic) bond motifs is 12. The van der Waals surface area contributed by atoms with Crippen molar-refractivity contribution >= 4 is 81.1 Å². The molecule has 0 bridgehead atoms. The third-order valence-corrected chi connectivity index (χ3v) is 13.7. The van der Waals surface area contributed by atoms with Crippen LogP contribution in [0.2, 0.25) is 0 Å². The fraction of sp³-hybridized carbons (Fsp3) is 0.0323. The van der Waals surface area contributed by atoms with E-state index >= 15 is 0 Å². The third-order valence-electron chi connectivity index (χ3n) is 13.7. The molecule has 1 aliphatic rings. The molecule has 0 saturated heterocycles. The van der Waals surface area contributed by atoms with E-state index in [1.165, 1.54) is 109 Å². The molecule has 13 rings (SSSR count). The highest BCUT2D eigenvalue weighted by Crippen LogP contribution is 2.47. The molecule has 0 fully saturated rings. The molecule has 2 unspecified atom stereocenters. The van der Waals surface area contributed by atoms with Crippen LogP contribution in [0.25, 0.3) is 103 Å². The molecule has 0 saturated carbocycles. The van der Waals surface area contributed by atoms with Crippen LogP contribution >= 0.6 is 0 Å². The number of hydrogen-bond acceptors (Lipinski definition) is 2. The van der Waals surface area contributed by atoms with Crippen LogP contribution in [-0.2, 0) is 0 Å². The van der Waals surface area contributed by atoms with Crippen molar-refractivity contribution < 1.29 is 0 Å². The Morgan fingerprint density at radius 2 is 0.812 bits per heavy atom. The summed E-state index contributed by atoms with van der Waals surface area (Å²) in [5, 5.41) is 25.8. The molecule has 300 valence electrons. The summed E-state index contributed by atoms with van der Waals surface area (Å²) >= 11 is 0. The van der Waals surface area contributed by atoms with Crippen molar-refractivity contribution in [2.45, 2.75) is 12.2 Å². The second-order valence-corrected chi connectivity index (χ2v) is 17.2. The first-order chi connectivity index (χ1) is 31.8. The van der Waals surface area contributed by atoms with Crippen molar-refractivity contribution in [2.24, 2.45) is 0 Å². The summed E-state index contributed by atoms with van der Waals surface area (Å²) in [6, 6.07) is 82.5. The molecule has 64 heavy (non-hydrogen) atoms. The highest BCUT2D eigenvalue weighted by atomic mass is 15.2. The Bertz CT molecular complexity index is 3830. The molecule has 1 heterocycles. The van der Waals surface area contributed by atoms with Gasteiger partial charge in [-0.2, -0.15) is 0 Å². The van der Waals surface area contributed by atoms with Crippen LogP contribution in [0.15, 0.2) is 231 Å². The molecule has 0 aromatic heterocycles. The predicted molar refractivity (Wildman–Crippen MR) is 272 cm³/mol. The number of nitrogens with one attached hydrogen (secondary N) is 2. The Kier molecular flexibility index (Phi) is 8.47. The molecule has 0 aliphatic carbocycles. The van der Waals surface area contributed by atoms with E-state index in [0.717, 1.165) is 11.3 Å². The monoisotopic (exact) mass is 814 g/mol. The molecule has 1 aliphatic heterocycles. The van der Waals surface area contributed by atoms with Gasteiger partial charge in [-0.05, 0) is 126 Å². The van der Waals surface area contributed by atoms with Gasteiger partial charge in [-0.3, -0.25) is 5.32 Å². The van der Waals surface area contributed by atoms with Crippen LogP contribution in [0.4, 0.5) is 0 Å². The van der Waals surface area contributed by atoms with Crippen LogP contribution in [-0.4, -0.2) is 0 Å². The van der Waals surface area contributed by atoms with Gasteiger partial charge >= 0.3 is 0 Å². The number of benzene rings is 12. The van der Waals surface area contributed by atoms with E-state index in [1.54, 1.807) is 0 Å². The number of hydrogen-bond donors (Lipinski definition) is 2. The van der Waals surface area contributed by atoms with Crippen LogP contribution in [0.3, 0.4) is 0 Å². The van der Waals surface area contributed by atoms with Gasteiger partial charge in [0.05, 0.1) is 6.04 Å². The lowest BCUT2D eigenvalue weighted by molar-refractivity contribution is 0.444. The highest BCUT2D eigenvalue weighted by molar-refractivity contribution is 6.32. The maximum absolute atomic E-state index is 4.05. The van der Waals surface area contributed by atoms with E-state index in [0.29, 0.717) is 0 Å². The lowest BCUT2D eigenvalue weighted by Crippen LogP contribution is -2.39. The first-order valence-corrected chi connectivity index (χ1v) is 22.3. The largest absolute Gasteiger partial charge is 0.366 e. The van der Waals surface area contributed by atoms with E-state index in [-0.39, 0.29) is 12.2 Å². The first-order valence-electron chi connectivity index (χ1n) is 22.3. The van der Waals surface area contributed by atoms with Crippen molar-refractivity contribution in [2.75, 3.05) is 0 Å². The van der Waals surface area contributed by atoms with Crippen molar-refractivity contribution in [1.29, 1.82) is 0 Å². The summed E-state index contributed by atoms with van der Waals surface area (Å²) in [4.78, 5) is 0. The van der Waals surface area contributed by atoms with Gasteiger partial charge in [0.2, 0.25) is 0 Å². The second kappa shape index (κ2) is 14.8. The van der Waals surface area contributed by atoms with E-state index in [4.69, 9.17) is 0 Å². The fourth-order valence-electron chi connectivity index (χ4n) is 10.9. The second-order valence-electron chi connectivity index (χ2n) is 17.2. The molecule has 12 aromatic carbocycles. The molecule has 0 amide bonds. The minimum Gasteiger partial charge on any atom is -0.366 e. The number of rotatable bonds is 5. The maximum Gasteiger partial charge on any atom is 0.104 e. The van der Waals surface area contributed by atoms with Gasteiger partial charge in [0, 0.05) is 5.70 Å². The zero-order valence-corrected chi connectivity index (χ0v) is 35.1. The van der Waals surface area contributed by atoms with Crippen molar-refractivity contribution in [3.63, 3.8) is 0 Å². The molecular formula is C62H42N2. The highest BCUT2D eigenvalue weighted by Gasteiger charge is 2.27. The molecule has 0 radical (unpaired) electrons. The van der Waals surface area contributed by atoms with Crippen molar-refractivity contribution in [3.05, 3.63) is 247 Å². The molecule has 2 nitrogen and oxygen atoms in total. The first kappa shape index (κ1) is 36.6. The Hall–Kier alpha value is -8.04. The van der Waals surface area contributed by atoms with Crippen LogP contribution in [0.1, 0.15) is 28.9 Å². The lowest BCUT2D eigenvalue weighted by atomic mass is 9.84. The summed E-state index contributed by atoms with van der Waals surface area (Å²) in [5.41, 5.74) is 9.70. The SMILES string of the molecule is C1=C(c2ccc(-c3c4ccccc4c(-c4ccccc4)c4ccc5ccccc5c34)cc2)NC(c2ccccc2)NC1c1cc2c3ccccc3c3ccccc3c2c2ccccc12. The van der Waals surface area contributed by atoms with Gasteiger partial charge in [0.25, 0.3) is 0 Å². The van der Waals surface area contributed by atoms with E-state index in [2.05, 4.69) is 241 Å². The van der Waals surface area contributed by atoms with Crippen molar-refractivity contribution in [3.8, 4) is 22.3 Å². The Morgan fingerprint density at radius 1 is 0.312 bits per heavy atom. The summed E-state index contributed by atoms with van der Waals surface area (Å²) in [5.74, 6) is 0. The van der Waals surface area contributed by atoms with Crippen molar-refractivity contribution in [1.82, 2.24) is 10.6 Å². The minimum atomic E-state index is -0.113. The molecule has 0 spiro atoms. The average molecular weight is 815 g/mol. The van der Waals surface area contributed by atoms with Gasteiger partial charge in [0.15, 0.2) is 0 Å². The van der Waals surface area contributed by atoms with Gasteiger partial charge in [-0.15, -0.1) is 0 Å². The standard InChI is InChI=1S/C62H42N2/c1-3-18-41(19-4-1)58-51-29-15-16-30-52(51)59(61-44-22-8-7-17-39(44)35-36-53(58)61)42-33-31-40(32-34-42)56-38-57(64-62(63-56)43-20-5-2-6-21-43)54-37-55-47-25-10-9-23-45(47)46-24-11-13-27-49(46)60(55)50-28-14-12-26-48(50)54/h1-38,57,62-64H. The van der Waals surface area contributed by atoms with Gasteiger partial charge in [-0.1, -0.05) is 218 Å². The smallest absolute Gasteiger partial charge is 0.104 e. The quantitative estimate of drug-likeness (QED) is 0.134. The summed E-state index contributed by atoms with van der Waals surface area (Å²) in [7, 11) is 0. The molecule has 2 heteroatoms. The molecule has 12 aromatic rings. The van der Waals surface area contributed by atoms with Crippen LogP contribution in [0, 0.1) is 0 Å². The third kappa shape index (κ3) is 5.77. The molecular weight excluding hydrogens is 773 g/mol.